The first-order valence-electron chi connectivity index (χ1n) is 6.63. The van der Waals surface area contributed by atoms with Gasteiger partial charge in [-0.1, -0.05) is 12.1 Å². The number of nitrogens with two attached hydrogens (primary N) is 1. The van der Waals surface area contributed by atoms with Crippen molar-refractivity contribution in [2.45, 2.75) is 31.3 Å². The molecule has 0 bridgehead atoms. The quantitative estimate of drug-likeness (QED) is 0.868. The Morgan fingerprint density at radius 1 is 1.55 bits per heavy atom. The van der Waals surface area contributed by atoms with Gasteiger partial charge in [-0.3, -0.25) is 0 Å². The summed E-state index contributed by atoms with van der Waals surface area (Å²) in [5, 5.41) is 9.33. The van der Waals surface area contributed by atoms with Crippen LogP contribution in [0.15, 0.2) is 22.7 Å². The molecule has 108 valence electrons. The standard InChI is InChI=1S/C14H16BrFN2O2/c15-9-3-1-2-8(11(9)16)6-10-12(17)14(4-5-14)7-18(10)13(19)20/h1-3,10,12H,4-7,17H2,(H,19,20)/t10-,12+/m0/s1. The van der Waals surface area contributed by atoms with E-state index in [1.165, 1.54) is 4.90 Å². The zero-order valence-corrected chi connectivity index (χ0v) is 12.4. The van der Waals surface area contributed by atoms with Crippen molar-refractivity contribution in [2.75, 3.05) is 6.54 Å². The lowest BCUT2D eigenvalue weighted by Crippen LogP contribution is -2.44. The smallest absolute Gasteiger partial charge is 0.407 e. The number of rotatable bonds is 2. The minimum atomic E-state index is -0.968. The first kappa shape index (κ1) is 13.8. The van der Waals surface area contributed by atoms with Crippen molar-refractivity contribution in [3.05, 3.63) is 34.1 Å². The van der Waals surface area contributed by atoms with Gasteiger partial charge in [0, 0.05) is 18.0 Å². The Labute approximate surface area is 124 Å². The van der Waals surface area contributed by atoms with Crippen molar-refractivity contribution in [3.8, 4) is 0 Å². The van der Waals surface area contributed by atoms with E-state index in [1.54, 1.807) is 18.2 Å². The van der Waals surface area contributed by atoms with E-state index in [1.807, 2.05) is 0 Å². The number of hydrogen-bond acceptors (Lipinski definition) is 2. The number of carboxylic acid groups (broad SMARTS) is 1. The van der Waals surface area contributed by atoms with Crippen molar-refractivity contribution in [1.82, 2.24) is 4.90 Å². The molecule has 1 aromatic rings. The second-order valence-electron chi connectivity index (χ2n) is 5.78. The summed E-state index contributed by atoms with van der Waals surface area (Å²) in [6.45, 7) is 0.476. The van der Waals surface area contributed by atoms with Crippen LogP contribution in [-0.2, 0) is 6.42 Å². The van der Waals surface area contributed by atoms with Crippen LogP contribution in [0.4, 0.5) is 9.18 Å². The highest BCUT2D eigenvalue weighted by molar-refractivity contribution is 9.10. The third-order valence-corrected chi connectivity index (χ3v) is 5.22. The van der Waals surface area contributed by atoms with Crippen LogP contribution in [0, 0.1) is 11.2 Å². The van der Waals surface area contributed by atoms with Gasteiger partial charge in [0.2, 0.25) is 0 Å². The number of halogens is 2. The van der Waals surface area contributed by atoms with Crippen LogP contribution in [0.1, 0.15) is 18.4 Å². The number of benzene rings is 1. The average Bonchev–Trinajstić information content (AvgIpc) is 3.13. The van der Waals surface area contributed by atoms with Crippen LogP contribution in [-0.4, -0.2) is 34.7 Å². The van der Waals surface area contributed by atoms with Crippen LogP contribution in [0.2, 0.25) is 0 Å². The largest absolute Gasteiger partial charge is 0.465 e. The van der Waals surface area contributed by atoms with E-state index in [4.69, 9.17) is 5.73 Å². The van der Waals surface area contributed by atoms with E-state index < -0.39 is 6.09 Å². The van der Waals surface area contributed by atoms with Crippen molar-refractivity contribution >= 4 is 22.0 Å². The molecule has 4 nitrogen and oxygen atoms in total. The van der Waals surface area contributed by atoms with Crippen LogP contribution < -0.4 is 5.73 Å². The highest BCUT2D eigenvalue weighted by Gasteiger charge is 2.59. The summed E-state index contributed by atoms with van der Waals surface area (Å²) < 4.78 is 14.5. The van der Waals surface area contributed by atoms with E-state index in [-0.39, 0.29) is 23.3 Å². The summed E-state index contributed by atoms with van der Waals surface area (Å²) in [4.78, 5) is 12.8. The lowest BCUT2D eigenvalue weighted by molar-refractivity contribution is 0.137. The van der Waals surface area contributed by atoms with E-state index in [0.29, 0.717) is 23.0 Å². The van der Waals surface area contributed by atoms with Gasteiger partial charge in [0.15, 0.2) is 0 Å². The van der Waals surface area contributed by atoms with Crippen LogP contribution in [0.3, 0.4) is 0 Å². The first-order chi connectivity index (χ1) is 9.44. The topological polar surface area (TPSA) is 66.6 Å². The molecule has 0 radical (unpaired) electrons. The van der Waals surface area contributed by atoms with Crippen LogP contribution >= 0.6 is 15.9 Å². The van der Waals surface area contributed by atoms with E-state index in [0.717, 1.165) is 12.8 Å². The third kappa shape index (κ3) is 2.11. The molecule has 1 amide bonds. The van der Waals surface area contributed by atoms with Gasteiger partial charge in [-0.2, -0.15) is 0 Å². The molecule has 3 N–H and O–H groups in total. The number of nitrogens with zero attached hydrogens (tertiary/aromatic N) is 1. The summed E-state index contributed by atoms with van der Waals surface area (Å²) in [7, 11) is 0. The Morgan fingerprint density at radius 2 is 2.25 bits per heavy atom. The summed E-state index contributed by atoms with van der Waals surface area (Å²) in [6, 6.07) is 4.51. The summed E-state index contributed by atoms with van der Waals surface area (Å²) in [5.41, 5.74) is 6.68. The van der Waals surface area contributed by atoms with Crippen molar-refractivity contribution in [3.63, 3.8) is 0 Å². The highest BCUT2D eigenvalue weighted by atomic mass is 79.9. The number of hydrogen-bond donors (Lipinski definition) is 2. The molecule has 6 heteroatoms. The Hall–Kier alpha value is -1.14. The molecule has 1 aromatic carbocycles. The van der Waals surface area contributed by atoms with Gasteiger partial charge in [-0.15, -0.1) is 0 Å². The van der Waals surface area contributed by atoms with E-state index in [9.17, 15) is 14.3 Å². The van der Waals surface area contributed by atoms with Gasteiger partial charge in [0.1, 0.15) is 5.82 Å². The fourth-order valence-corrected chi connectivity index (χ4v) is 3.60. The van der Waals surface area contributed by atoms with Gasteiger partial charge < -0.3 is 15.7 Å². The minimum Gasteiger partial charge on any atom is -0.465 e. The Balaban J connectivity index is 1.88. The predicted octanol–water partition coefficient (Wildman–Crippen LogP) is 2.60. The zero-order valence-electron chi connectivity index (χ0n) is 10.9. The number of likely N-dealkylation sites (tertiary alicyclic amines) is 1. The van der Waals surface area contributed by atoms with Gasteiger partial charge in [0.25, 0.3) is 0 Å². The highest BCUT2D eigenvalue weighted by Crippen LogP contribution is 2.54. The van der Waals surface area contributed by atoms with Crippen molar-refractivity contribution in [1.29, 1.82) is 0 Å². The fourth-order valence-electron chi connectivity index (χ4n) is 3.19. The molecule has 1 heterocycles. The summed E-state index contributed by atoms with van der Waals surface area (Å²) in [5.74, 6) is -0.332. The molecule has 1 saturated carbocycles. The van der Waals surface area contributed by atoms with Gasteiger partial charge in [0.05, 0.1) is 10.5 Å². The van der Waals surface area contributed by atoms with Gasteiger partial charge in [-0.05, 0) is 46.8 Å². The molecule has 2 atom stereocenters. The Morgan fingerprint density at radius 3 is 2.85 bits per heavy atom. The molecular formula is C14H16BrFN2O2. The van der Waals surface area contributed by atoms with Gasteiger partial charge >= 0.3 is 6.09 Å². The maximum atomic E-state index is 14.1. The Bertz CT molecular complexity index is 562. The first-order valence-corrected chi connectivity index (χ1v) is 7.42. The molecule has 1 spiro atoms. The normalized spacial score (nSPS) is 27.1. The molecular weight excluding hydrogens is 327 g/mol. The molecule has 2 fully saturated rings. The molecule has 2 aliphatic rings. The van der Waals surface area contributed by atoms with Crippen LogP contribution in [0.5, 0.6) is 0 Å². The average molecular weight is 343 g/mol. The number of carbonyl (C=O) groups is 1. The van der Waals surface area contributed by atoms with Gasteiger partial charge in [-0.25, -0.2) is 9.18 Å². The van der Waals surface area contributed by atoms with Crippen molar-refractivity contribution in [2.24, 2.45) is 11.1 Å². The zero-order chi connectivity index (χ0) is 14.5. The maximum Gasteiger partial charge on any atom is 0.407 e. The summed E-state index contributed by atoms with van der Waals surface area (Å²) in [6.07, 6.45) is 1.29. The SMILES string of the molecule is N[C@@H]1[C@H](Cc2cccc(Br)c2F)N(C(=O)O)CC12CC2. The monoisotopic (exact) mass is 342 g/mol. The van der Waals surface area contributed by atoms with E-state index >= 15 is 0 Å². The molecule has 1 aliphatic heterocycles. The molecule has 1 aliphatic carbocycles. The van der Waals surface area contributed by atoms with Crippen molar-refractivity contribution < 1.29 is 14.3 Å². The third-order valence-electron chi connectivity index (χ3n) is 4.61. The molecule has 0 aromatic heterocycles. The summed E-state index contributed by atoms with van der Waals surface area (Å²) >= 11 is 3.15. The second-order valence-corrected chi connectivity index (χ2v) is 6.64. The second kappa shape index (κ2) is 4.70. The molecule has 3 rings (SSSR count). The lowest BCUT2D eigenvalue weighted by Gasteiger charge is -2.24. The molecule has 0 unspecified atom stereocenters. The van der Waals surface area contributed by atoms with E-state index in [2.05, 4.69) is 15.9 Å². The molecule has 1 saturated heterocycles. The predicted molar refractivity (Wildman–Crippen MR) is 76.0 cm³/mol. The minimum absolute atomic E-state index is 0.0639. The lowest BCUT2D eigenvalue weighted by atomic mass is 9.93. The molecule has 20 heavy (non-hydrogen) atoms. The maximum absolute atomic E-state index is 14.1. The Kier molecular flexibility index (Phi) is 3.25. The number of amides is 1. The fraction of sp³-hybridized carbons (Fsp3) is 0.500. The van der Waals surface area contributed by atoms with Crippen LogP contribution in [0.25, 0.3) is 0 Å².